The van der Waals surface area contributed by atoms with Crippen molar-refractivity contribution in [3.05, 3.63) is 59.2 Å². The van der Waals surface area contributed by atoms with E-state index < -0.39 is 10.0 Å². The minimum absolute atomic E-state index is 0.0695. The Kier molecular flexibility index (Phi) is 7.06. The number of hydrogen-bond acceptors (Lipinski definition) is 4. The minimum Gasteiger partial charge on any atom is -0.350 e. The number of anilines is 1. The van der Waals surface area contributed by atoms with Crippen LogP contribution in [0.15, 0.2) is 47.4 Å². The Morgan fingerprint density at radius 3 is 2.42 bits per heavy atom. The maximum Gasteiger partial charge on any atom is 0.261 e. The third-order valence-electron chi connectivity index (χ3n) is 5.93. The van der Waals surface area contributed by atoms with Crippen LogP contribution in [0, 0.1) is 13.8 Å². The molecular formula is C24H33N3O3S. The number of amides is 1. The van der Waals surface area contributed by atoms with Crippen molar-refractivity contribution in [1.82, 2.24) is 10.2 Å². The van der Waals surface area contributed by atoms with E-state index in [1.165, 1.54) is 31.4 Å². The number of hydrogen-bond donors (Lipinski definition) is 2. The van der Waals surface area contributed by atoms with Crippen molar-refractivity contribution in [3.8, 4) is 0 Å². The fraction of sp³-hybridized carbons (Fsp3) is 0.458. The fourth-order valence-corrected chi connectivity index (χ4v) is 5.01. The van der Waals surface area contributed by atoms with Crippen molar-refractivity contribution in [2.24, 2.45) is 0 Å². The Hall–Kier alpha value is -2.38. The van der Waals surface area contributed by atoms with Crippen LogP contribution in [0.4, 0.5) is 5.69 Å². The van der Waals surface area contributed by atoms with Crippen LogP contribution in [0.1, 0.15) is 54.6 Å². The predicted octanol–water partition coefficient (Wildman–Crippen LogP) is 4.10. The van der Waals surface area contributed by atoms with Crippen LogP contribution in [0.2, 0.25) is 0 Å². The van der Waals surface area contributed by atoms with Crippen LogP contribution in [0.25, 0.3) is 0 Å². The van der Waals surface area contributed by atoms with Gasteiger partial charge in [0, 0.05) is 23.3 Å². The first kappa shape index (κ1) is 23.3. The molecule has 0 bridgehead atoms. The number of piperidine rings is 1. The summed E-state index contributed by atoms with van der Waals surface area (Å²) >= 11 is 0. The van der Waals surface area contributed by atoms with E-state index in [-0.39, 0.29) is 16.3 Å². The van der Waals surface area contributed by atoms with E-state index in [0.717, 1.165) is 24.2 Å². The minimum atomic E-state index is -3.80. The zero-order valence-corrected chi connectivity index (χ0v) is 19.7. The average Bonchev–Trinajstić information content (AvgIpc) is 2.72. The first-order valence-electron chi connectivity index (χ1n) is 10.8. The van der Waals surface area contributed by atoms with Crippen molar-refractivity contribution >= 4 is 21.6 Å². The summed E-state index contributed by atoms with van der Waals surface area (Å²) in [5.41, 5.74) is 2.42. The first-order valence-corrected chi connectivity index (χ1v) is 12.3. The number of rotatable bonds is 7. The molecule has 31 heavy (non-hydrogen) atoms. The molecule has 168 valence electrons. The van der Waals surface area contributed by atoms with E-state index in [0.29, 0.717) is 17.8 Å². The zero-order chi connectivity index (χ0) is 22.6. The molecule has 3 rings (SSSR count). The second-order valence-electron chi connectivity index (χ2n) is 8.99. The van der Waals surface area contributed by atoms with E-state index >= 15 is 0 Å². The molecule has 2 N–H and O–H groups in total. The molecular weight excluding hydrogens is 410 g/mol. The maximum atomic E-state index is 12.9. The molecule has 1 saturated heterocycles. The van der Waals surface area contributed by atoms with Crippen molar-refractivity contribution in [2.75, 3.05) is 24.4 Å². The second kappa shape index (κ2) is 9.40. The van der Waals surface area contributed by atoms with E-state index in [2.05, 4.69) is 28.8 Å². The van der Waals surface area contributed by atoms with Crippen molar-refractivity contribution < 1.29 is 13.2 Å². The highest BCUT2D eigenvalue weighted by atomic mass is 32.2. The summed E-state index contributed by atoms with van der Waals surface area (Å²) in [6.07, 6.45) is 3.63. The highest BCUT2D eigenvalue weighted by molar-refractivity contribution is 7.92. The molecule has 1 aliphatic rings. The molecule has 1 fully saturated rings. The number of carbonyl (C=O) groups excluding carboxylic acids is 1. The van der Waals surface area contributed by atoms with Crippen molar-refractivity contribution in [2.45, 2.75) is 57.4 Å². The van der Waals surface area contributed by atoms with Crippen LogP contribution >= 0.6 is 0 Å². The van der Waals surface area contributed by atoms with Crippen LogP contribution in [-0.4, -0.2) is 44.4 Å². The smallest absolute Gasteiger partial charge is 0.261 e. The number of nitrogens with one attached hydrogen (secondary N) is 2. The maximum absolute atomic E-state index is 12.9. The van der Waals surface area contributed by atoms with Gasteiger partial charge in [-0.3, -0.25) is 14.4 Å². The fourth-order valence-electron chi connectivity index (χ4n) is 3.94. The predicted molar refractivity (Wildman–Crippen MR) is 125 cm³/mol. The summed E-state index contributed by atoms with van der Waals surface area (Å²) in [5.74, 6) is -0.254. The highest BCUT2D eigenvalue weighted by Crippen LogP contribution is 2.22. The third kappa shape index (κ3) is 5.86. The molecule has 0 aromatic heterocycles. The molecule has 0 radical (unpaired) electrons. The van der Waals surface area contributed by atoms with Gasteiger partial charge in [0.15, 0.2) is 0 Å². The van der Waals surface area contributed by atoms with E-state index in [4.69, 9.17) is 0 Å². The Balaban J connectivity index is 1.74. The van der Waals surface area contributed by atoms with E-state index in [1.807, 2.05) is 19.9 Å². The molecule has 2 aromatic carbocycles. The van der Waals surface area contributed by atoms with E-state index in [1.54, 1.807) is 24.3 Å². The van der Waals surface area contributed by atoms with Gasteiger partial charge in [-0.1, -0.05) is 24.6 Å². The van der Waals surface area contributed by atoms with Gasteiger partial charge in [-0.2, -0.15) is 0 Å². The topological polar surface area (TPSA) is 78.5 Å². The summed E-state index contributed by atoms with van der Waals surface area (Å²) in [6, 6.07) is 11.8. The van der Waals surface area contributed by atoms with Gasteiger partial charge >= 0.3 is 0 Å². The Labute approximate surface area is 186 Å². The summed E-state index contributed by atoms with van der Waals surface area (Å²) in [4.78, 5) is 15.4. The summed E-state index contributed by atoms with van der Waals surface area (Å²) < 4.78 is 28.3. The molecule has 2 aromatic rings. The van der Waals surface area contributed by atoms with Crippen LogP contribution < -0.4 is 10.0 Å². The standard InChI is InChI=1S/C24H33N3O3S/c1-18-9-8-10-20(15-18)26-31(29,30)21-12-11-19(2)22(16-21)23(28)25-17-24(3,4)27-13-6-5-7-14-27/h8-12,15-16,26H,5-7,13-14,17H2,1-4H3,(H,25,28). The van der Waals surface area contributed by atoms with Gasteiger partial charge in [0.25, 0.3) is 15.9 Å². The molecule has 0 unspecified atom stereocenters. The van der Waals surface area contributed by atoms with Crippen molar-refractivity contribution in [1.29, 1.82) is 0 Å². The molecule has 0 saturated carbocycles. The molecule has 6 nitrogen and oxygen atoms in total. The Morgan fingerprint density at radius 2 is 1.74 bits per heavy atom. The number of sulfonamides is 1. The van der Waals surface area contributed by atoms with E-state index in [9.17, 15) is 13.2 Å². The quantitative estimate of drug-likeness (QED) is 0.675. The van der Waals surface area contributed by atoms with Crippen LogP contribution in [0.3, 0.4) is 0 Å². The average molecular weight is 444 g/mol. The van der Waals surface area contributed by atoms with Gasteiger partial charge in [0.05, 0.1) is 4.90 Å². The highest BCUT2D eigenvalue weighted by Gasteiger charge is 2.28. The molecule has 1 aliphatic heterocycles. The Morgan fingerprint density at radius 1 is 1.03 bits per heavy atom. The lowest BCUT2D eigenvalue weighted by atomic mass is 9.98. The zero-order valence-electron chi connectivity index (χ0n) is 18.9. The molecule has 0 spiro atoms. The van der Waals surface area contributed by atoms with Gasteiger partial charge in [-0.15, -0.1) is 0 Å². The van der Waals surface area contributed by atoms with Crippen LogP contribution in [-0.2, 0) is 10.0 Å². The largest absolute Gasteiger partial charge is 0.350 e. The third-order valence-corrected chi connectivity index (χ3v) is 7.31. The number of aryl methyl sites for hydroxylation is 2. The lowest BCUT2D eigenvalue weighted by molar-refractivity contribution is 0.0797. The van der Waals surface area contributed by atoms with Crippen molar-refractivity contribution in [3.63, 3.8) is 0 Å². The number of carbonyl (C=O) groups is 1. The molecule has 7 heteroatoms. The number of benzene rings is 2. The monoisotopic (exact) mass is 443 g/mol. The second-order valence-corrected chi connectivity index (χ2v) is 10.7. The van der Waals surface area contributed by atoms with Gasteiger partial charge in [-0.05, 0) is 89.0 Å². The molecule has 1 amide bonds. The normalized spacial score (nSPS) is 15.5. The summed E-state index contributed by atoms with van der Waals surface area (Å²) in [7, 11) is -3.80. The lowest BCUT2D eigenvalue weighted by Gasteiger charge is -2.41. The summed E-state index contributed by atoms with van der Waals surface area (Å²) in [6.45, 7) is 10.6. The number of likely N-dealkylation sites (tertiary alicyclic amines) is 1. The van der Waals surface area contributed by atoms with Gasteiger partial charge < -0.3 is 5.32 Å². The summed E-state index contributed by atoms with van der Waals surface area (Å²) in [5, 5.41) is 3.02. The van der Waals surface area contributed by atoms with Crippen LogP contribution in [0.5, 0.6) is 0 Å². The number of nitrogens with zero attached hydrogens (tertiary/aromatic N) is 1. The van der Waals surface area contributed by atoms with Gasteiger partial charge in [-0.25, -0.2) is 8.42 Å². The Bertz CT molecular complexity index is 1040. The SMILES string of the molecule is Cc1cccc(NS(=O)(=O)c2ccc(C)c(C(=O)NCC(C)(C)N3CCCCC3)c2)c1. The lowest BCUT2D eigenvalue weighted by Crippen LogP contribution is -2.53. The van der Waals surface area contributed by atoms with Gasteiger partial charge in [0.1, 0.15) is 0 Å². The molecule has 1 heterocycles. The molecule has 0 atom stereocenters. The molecule has 0 aliphatic carbocycles. The van der Waals surface area contributed by atoms with Gasteiger partial charge in [0.2, 0.25) is 0 Å². The first-order chi connectivity index (χ1) is 14.6.